The van der Waals surface area contributed by atoms with Gasteiger partial charge in [0.15, 0.2) is 6.61 Å². The maximum Gasteiger partial charge on any atom is 0.261 e. The number of carbonyl (C=O) groups is 2. The number of amides is 2. The molecule has 1 fully saturated rings. The van der Waals surface area contributed by atoms with Gasteiger partial charge in [0.2, 0.25) is 5.91 Å². The second-order valence-corrected chi connectivity index (χ2v) is 10.0. The third-order valence-corrected chi connectivity index (χ3v) is 6.97. The zero-order valence-electron chi connectivity index (χ0n) is 20.5. The summed E-state index contributed by atoms with van der Waals surface area (Å²) in [5.41, 5.74) is 2.10. The van der Waals surface area contributed by atoms with Crippen molar-refractivity contribution in [2.45, 2.75) is 71.0 Å². The molecule has 1 N–H and O–H groups in total. The summed E-state index contributed by atoms with van der Waals surface area (Å²) in [7, 11) is 1.61. The number of methoxy groups -OCH3 is 1. The van der Waals surface area contributed by atoms with Gasteiger partial charge in [-0.2, -0.15) is 0 Å². The highest BCUT2D eigenvalue weighted by Gasteiger charge is 2.29. The first-order valence-corrected chi connectivity index (χ1v) is 12.7. The number of halogens is 1. The van der Waals surface area contributed by atoms with Crippen molar-refractivity contribution in [1.29, 1.82) is 0 Å². The van der Waals surface area contributed by atoms with Crippen LogP contribution in [-0.4, -0.2) is 42.5 Å². The Hall–Kier alpha value is -2.54. The van der Waals surface area contributed by atoms with E-state index in [0.717, 1.165) is 41.5 Å². The molecular formula is C27H35BrN2O4. The molecule has 3 rings (SSSR count). The Bertz CT molecular complexity index is 971. The van der Waals surface area contributed by atoms with Crippen LogP contribution in [0.4, 0.5) is 0 Å². The van der Waals surface area contributed by atoms with Crippen LogP contribution < -0.4 is 14.8 Å². The Morgan fingerprint density at radius 2 is 1.76 bits per heavy atom. The molecule has 2 aromatic carbocycles. The van der Waals surface area contributed by atoms with Gasteiger partial charge in [-0.25, -0.2) is 0 Å². The lowest BCUT2D eigenvalue weighted by Crippen LogP contribution is -2.50. The van der Waals surface area contributed by atoms with E-state index >= 15 is 0 Å². The number of nitrogens with zero attached hydrogens (tertiary/aromatic N) is 1. The van der Waals surface area contributed by atoms with Crippen molar-refractivity contribution in [3.63, 3.8) is 0 Å². The fourth-order valence-corrected chi connectivity index (χ4v) is 4.63. The van der Waals surface area contributed by atoms with E-state index in [0.29, 0.717) is 18.2 Å². The number of rotatable bonds is 10. The van der Waals surface area contributed by atoms with Crippen LogP contribution in [-0.2, 0) is 16.1 Å². The number of carbonyl (C=O) groups excluding carboxylic acids is 2. The molecule has 1 aliphatic rings. The molecule has 1 atom stereocenters. The fourth-order valence-electron chi connectivity index (χ4n) is 4.12. The molecule has 184 valence electrons. The number of hydrogen-bond donors (Lipinski definition) is 1. The predicted octanol–water partition coefficient (Wildman–Crippen LogP) is 5.44. The Labute approximate surface area is 211 Å². The van der Waals surface area contributed by atoms with Gasteiger partial charge in [-0.3, -0.25) is 9.59 Å². The van der Waals surface area contributed by atoms with E-state index in [1.807, 2.05) is 42.5 Å². The third-order valence-electron chi connectivity index (χ3n) is 6.35. The fraction of sp³-hybridized carbons (Fsp3) is 0.481. The monoisotopic (exact) mass is 530 g/mol. The van der Waals surface area contributed by atoms with E-state index in [-0.39, 0.29) is 24.5 Å². The van der Waals surface area contributed by atoms with Gasteiger partial charge >= 0.3 is 0 Å². The number of nitrogens with one attached hydrogen (secondary N) is 1. The zero-order valence-corrected chi connectivity index (χ0v) is 22.1. The molecule has 1 aliphatic carbocycles. The molecule has 0 aromatic heterocycles. The van der Waals surface area contributed by atoms with Crippen molar-refractivity contribution in [2.75, 3.05) is 13.7 Å². The summed E-state index contributed by atoms with van der Waals surface area (Å²) in [4.78, 5) is 27.9. The smallest absolute Gasteiger partial charge is 0.261 e. The van der Waals surface area contributed by atoms with Gasteiger partial charge in [0, 0.05) is 12.6 Å². The van der Waals surface area contributed by atoms with Crippen molar-refractivity contribution in [2.24, 2.45) is 0 Å². The molecule has 0 aliphatic heterocycles. The van der Waals surface area contributed by atoms with Crippen molar-refractivity contribution < 1.29 is 19.1 Å². The minimum Gasteiger partial charge on any atom is -0.497 e. The normalized spacial score (nSPS) is 14.6. The van der Waals surface area contributed by atoms with Crippen LogP contribution in [0.25, 0.3) is 0 Å². The van der Waals surface area contributed by atoms with Crippen LogP contribution in [0.2, 0.25) is 0 Å². The van der Waals surface area contributed by atoms with E-state index in [4.69, 9.17) is 9.47 Å². The number of hydrogen-bond acceptors (Lipinski definition) is 4. The highest BCUT2D eigenvalue weighted by atomic mass is 79.9. The van der Waals surface area contributed by atoms with E-state index < -0.39 is 6.04 Å². The minimum atomic E-state index is -0.620. The molecule has 1 saturated carbocycles. The first-order chi connectivity index (χ1) is 16.3. The Balaban J connectivity index is 1.72. The van der Waals surface area contributed by atoms with Crippen molar-refractivity contribution in [1.82, 2.24) is 10.2 Å². The van der Waals surface area contributed by atoms with Gasteiger partial charge in [0.1, 0.15) is 17.5 Å². The molecule has 7 heteroatoms. The molecule has 2 amide bonds. The average Bonchev–Trinajstić information content (AvgIpc) is 3.34. The zero-order chi connectivity index (χ0) is 24.7. The lowest BCUT2D eigenvalue weighted by atomic mass is 10.0. The minimum absolute atomic E-state index is 0.128. The van der Waals surface area contributed by atoms with Gasteiger partial charge in [0.05, 0.1) is 11.6 Å². The molecule has 0 heterocycles. The summed E-state index contributed by atoms with van der Waals surface area (Å²) in [6.45, 7) is 6.18. The second kappa shape index (κ2) is 12.2. The van der Waals surface area contributed by atoms with E-state index in [2.05, 4.69) is 35.1 Å². The first-order valence-electron chi connectivity index (χ1n) is 11.9. The lowest BCUT2D eigenvalue weighted by Gasteiger charge is -2.29. The molecule has 0 bridgehead atoms. The van der Waals surface area contributed by atoms with E-state index in [1.54, 1.807) is 18.9 Å². The molecule has 34 heavy (non-hydrogen) atoms. The summed E-state index contributed by atoms with van der Waals surface area (Å²) < 4.78 is 11.9. The molecule has 2 aromatic rings. The molecule has 0 spiro atoms. The van der Waals surface area contributed by atoms with E-state index in [9.17, 15) is 9.59 Å². The standard InChI is InChI=1S/C27H35BrN2O4/c1-18(2)21-11-14-25(24(28)15-21)34-17-26(31)30(16-20-9-12-23(33-4)13-10-20)19(3)27(32)29-22-7-5-6-8-22/h9-15,18-19,22H,5-8,16-17H2,1-4H3,(H,29,32)/t19-/m1/s1. The van der Waals surface area contributed by atoms with Gasteiger partial charge in [-0.15, -0.1) is 0 Å². The highest BCUT2D eigenvalue weighted by Crippen LogP contribution is 2.29. The van der Waals surface area contributed by atoms with Crippen LogP contribution in [0, 0.1) is 0 Å². The van der Waals surface area contributed by atoms with Crippen LogP contribution in [0.3, 0.4) is 0 Å². The van der Waals surface area contributed by atoms with Gasteiger partial charge in [-0.1, -0.05) is 44.9 Å². The molecule has 0 saturated heterocycles. The summed E-state index contributed by atoms with van der Waals surface area (Å²) in [5, 5.41) is 3.12. The number of ether oxygens (including phenoxy) is 2. The largest absolute Gasteiger partial charge is 0.497 e. The van der Waals surface area contributed by atoms with Crippen LogP contribution in [0.15, 0.2) is 46.9 Å². The van der Waals surface area contributed by atoms with Crippen molar-refractivity contribution >= 4 is 27.7 Å². The molecular weight excluding hydrogens is 496 g/mol. The second-order valence-electron chi connectivity index (χ2n) is 9.17. The summed E-state index contributed by atoms with van der Waals surface area (Å²) >= 11 is 3.55. The van der Waals surface area contributed by atoms with Crippen LogP contribution in [0.5, 0.6) is 11.5 Å². The van der Waals surface area contributed by atoms with Crippen LogP contribution >= 0.6 is 15.9 Å². The molecule has 6 nitrogen and oxygen atoms in total. The quantitative estimate of drug-likeness (QED) is 0.444. The Morgan fingerprint density at radius 3 is 2.35 bits per heavy atom. The summed E-state index contributed by atoms with van der Waals surface area (Å²) in [5.74, 6) is 1.36. The SMILES string of the molecule is COc1ccc(CN(C(=O)COc2ccc(C(C)C)cc2Br)[C@H](C)C(=O)NC2CCCC2)cc1. The Kier molecular flexibility index (Phi) is 9.39. The first kappa shape index (κ1) is 26.1. The summed E-state index contributed by atoms with van der Waals surface area (Å²) in [6.07, 6.45) is 4.25. The van der Waals surface area contributed by atoms with Gasteiger partial charge in [0.25, 0.3) is 5.91 Å². The lowest BCUT2D eigenvalue weighted by molar-refractivity contribution is -0.142. The maximum absolute atomic E-state index is 13.3. The topological polar surface area (TPSA) is 67.9 Å². The predicted molar refractivity (Wildman–Crippen MR) is 137 cm³/mol. The van der Waals surface area contributed by atoms with Gasteiger partial charge < -0.3 is 19.7 Å². The Morgan fingerprint density at radius 1 is 1.09 bits per heavy atom. The average molecular weight is 531 g/mol. The maximum atomic E-state index is 13.3. The van der Waals surface area contributed by atoms with Crippen LogP contribution in [0.1, 0.15) is 63.5 Å². The molecule has 0 unspecified atom stereocenters. The number of benzene rings is 2. The summed E-state index contributed by atoms with van der Waals surface area (Å²) in [6, 6.07) is 13.0. The van der Waals surface area contributed by atoms with Crippen molar-refractivity contribution in [3.05, 3.63) is 58.1 Å². The van der Waals surface area contributed by atoms with Crippen molar-refractivity contribution in [3.8, 4) is 11.5 Å². The van der Waals surface area contributed by atoms with Gasteiger partial charge in [-0.05, 0) is 77.0 Å². The third kappa shape index (κ3) is 6.98. The van der Waals surface area contributed by atoms with E-state index in [1.165, 1.54) is 5.56 Å². The molecule has 0 radical (unpaired) electrons. The highest BCUT2D eigenvalue weighted by molar-refractivity contribution is 9.10.